The predicted molar refractivity (Wildman–Crippen MR) is 100 cm³/mol. The van der Waals surface area contributed by atoms with Gasteiger partial charge in [0, 0.05) is 23.0 Å². The Morgan fingerprint density at radius 2 is 1.65 bits per heavy atom. The van der Waals surface area contributed by atoms with E-state index >= 15 is 0 Å². The van der Waals surface area contributed by atoms with Gasteiger partial charge in [-0.1, -0.05) is 41.4 Å². The Morgan fingerprint density at radius 3 is 2.35 bits per heavy atom. The van der Waals surface area contributed by atoms with E-state index in [2.05, 4.69) is 16.2 Å². The number of carbonyl (C=O) groups is 3. The Balaban J connectivity index is 1.82. The lowest BCUT2D eigenvalue weighted by Gasteiger charge is -2.14. The third kappa shape index (κ3) is 5.75. The van der Waals surface area contributed by atoms with E-state index < -0.39 is 17.9 Å². The molecule has 2 aromatic rings. The molecule has 0 bridgehead atoms. The molecule has 0 heterocycles. The third-order valence-corrected chi connectivity index (χ3v) is 3.96. The summed E-state index contributed by atoms with van der Waals surface area (Å²) in [4.78, 5) is 36.0. The van der Waals surface area contributed by atoms with Crippen molar-refractivity contribution in [2.75, 3.05) is 0 Å². The Labute approximate surface area is 160 Å². The molecule has 6 nitrogen and oxygen atoms in total. The van der Waals surface area contributed by atoms with E-state index in [-0.39, 0.29) is 22.9 Å². The molecule has 2 rings (SSSR count). The molecule has 1 unspecified atom stereocenters. The van der Waals surface area contributed by atoms with Crippen LogP contribution in [-0.2, 0) is 4.79 Å². The van der Waals surface area contributed by atoms with Gasteiger partial charge in [-0.15, -0.1) is 0 Å². The molecule has 0 saturated heterocycles. The van der Waals surface area contributed by atoms with Crippen LogP contribution in [0.4, 0.5) is 0 Å². The van der Waals surface area contributed by atoms with E-state index in [4.69, 9.17) is 23.2 Å². The van der Waals surface area contributed by atoms with Crippen molar-refractivity contribution in [1.29, 1.82) is 0 Å². The quantitative estimate of drug-likeness (QED) is 0.682. The largest absolute Gasteiger partial charge is 0.349 e. The molecule has 8 heteroatoms. The van der Waals surface area contributed by atoms with E-state index in [1.165, 1.54) is 12.1 Å². The summed E-state index contributed by atoms with van der Waals surface area (Å²) < 4.78 is 0. The first kappa shape index (κ1) is 19.8. The van der Waals surface area contributed by atoms with Crippen LogP contribution in [0.1, 0.15) is 34.1 Å². The molecule has 0 aliphatic carbocycles. The molecule has 0 aromatic heterocycles. The van der Waals surface area contributed by atoms with Gasteiger partial charge in [0.1, 0.15) is 0 Å². The molecule has 136 valence electrons. The van der Waals surface area contributed by atoms with Gasteiger partial charge in [-0.25, -0.2) is 0 Å². The number of halogens is 2. The molecular formula is C18H17Cl2N3O3. The van der Waals surface area contributed by atoms with Gasteiger partial charge in [-0.2, -0.15) is 0 Å². The molecule has 0 radical (unpaired) electrons. The number of hydrogen-bond donors (Lipinski definition) is 3. The molecule has 26 heavy (non-hydrogen) atoms. The summed E-state index contributed by atoms with van der Waals surface area (Å²) in [6.45, 7) is 1.69. The zero-order valence-electron chi connectivity index (χ0n) is 13.9. The van der Waals surface area contributed by atoms with Crippen molar-refractivity contribution in [2.24, 2.45) is 0 Å². The van der Waals surface area contributed by atoms with Crippen LogP contribution in [-0.4, -0.2) is 23.8 Å². The number of amides is 3. The van der Waals surface area contributed by atoms with Crippen molar-refractivity contribution in [2.45, 2.75) is 19.4 Å². The normalized spacial score (nSPS) is 11.3. The Hall–Kier alpha value is -2.57. The highest BCUT2D eigenvalue weighted by atomic mass is 35.5. The molecule has 2 aromatic carbocycles. The van der Waals surface area contributed by atoms with Gasteiger partial charge in [-0.3, -0.25) is 25.2 Å². The summed E-state index contributed by atoms with van der Waals surface area (Å²) >= 11 is 11.8. The van der Waals surface area contributed by atoms with Crippen LogP contribution >= 0.6 is 23.2 Å². The average molecular weight is 394 g/mol. The zero-order valence-corrected chi connectivity index (χ0v) is 15.4. The van der Waals surface area contributed by atoms with Crippen LogP contribution in [0.2, 0.25) is 10.0 Å². The van der Waals surface area contributed by atoms with Crippen LogP contribution in [0.5, 0.6) is 0 Å². The van der Waals surface area contributed by atoms with Gasteiger partial charge >= 0.3 is 0 Å². The van der Waals surface area contributed by atoms with Gasteiger partial charge in [-0.05, 0) is 37.3 Å². The molecule has 3 amide bonds. The van der Waals surface area contributed by atoms with Crippen LogP contribution in [0.25, 0.3) is 0 Å². The van der Waals surface area contributed by atoms with E-state index in [9.17, 15) is 14.4 Å². The van der Waals surface area contributed by atoms with E-state index in [0.717, 1.165) is 0 Å². The summed E-state index contributed by atoms with van der Waals surface area (Å²) in [5.41, 5.74) is 5.19. The monoisotopic (exact) mass is 393 g/mol. The summed E-state index contributed by atoms with van der Waals surface area (Å²) in [7, 11) is 0. The number of hydrazine groups is 1. The number of benzene rings is 2. The molecule has 0 aliphatic heterocycles. The van der Waals surface area contributed by atoms with Gasteiger partial charge < -0.3 is 5.32 Å². The van der Waals surface area contributed by atoms with E-state index in [1.807, 2.05) is 6.07 Å². The lowest BCUT2D eigenvalue weighted by molar-refractivity contribution is -0.122. The Morgan fingerprint density at radius 1 is 0.962 bits per heavy atom. The van der Waals surface area contributed by atoms with Gasteiger partial charge in [0.2, 0.25) is 5.91 Å². The minimum atomic E-state index is -0.591. The van der Waals surface area contributed by atoms with Crippen LogP contribution in [0.15, 0.2) is 48.5 Å². The molecule has 0 saturated carbocycles. The topological polar surface area (TPSA) is 87.3 Å². The fraction of sp³-hybridized carbons (Fsp3) is 0.167. The van der Waals surface area contributed by atoms with Gasteiger partial charge in [0.25, 0.3) is 11.8 Å². The first-order chi connectivity index (χ1) is 12.4. The number of rotatable bonds is 5. The minimum absolute atomic E-state index is 0.0118. The molecule has 0 aliphatic rings. The second-order valence-corrected chi connectivity index (χ2v) is 6.41. The maximum Gasteiger partial charge on any atom is 0.271 e. The van der Waals surface area contributed by atoms with E-state index in [0.29, 0.717) is 10.6 Å². The van der Waals surface area contributed by atoms with E-state index in [1.54, 1.807) is 37.3 Å². The summed E-state index contributed by atoms with van der Waals surface area (Å²) in [5.74, 6) is -1.33. The lowest BCUT2D eigenvalue weighted by atomic mass is 10.1. The molecule has 0 spiro atoms. The summed E-state index contributed by atoms with van der Waals surface area (Å²) in [6.07, 6.45) is -0.0118. The number of nitrogens with one attached hydrogen (secondary N) is 3. The minimum Gasteiger partial charge on any atom is -0.349 e. The van der Waals surface area contributed by atoms with Crippen molar-refractivity contribution in [1.82, 2.24) is 16.2 Å². The maximum atomic E-state index is 12.0. The number of carbonyl (C=O) groups excluding carboxylic acids is 3. The second kappa shape index (κ2) is 9.22. The molecule has 1 atom stereocenters. The molecule has 3 N–H and O–H groups in total. The van der Waals surface area contributed by atoms with Crippen molar-refractivity contribution in [3.8, 4) is 0 Å². The van der Waals surface area contributed by atoms with Crippen LogP contribution < -0.4 is 16.2 Å². The SMILES string of the molecule is CC(CC(=O)NNC(=O)c1cc(Cl)ccc1Cl)NC(=O)c1ccccc1. The third-order valence-electron chi connectivity index (χ3n) is 3.39. The fourth-order valence-electron chi connectivity index (χ4n) is 2.14. The fourth-order valence-corrected chi connectivity index (χ4v) is 2.52. The number of hydrogen-bond acceptors (Lipinski definition) is 3. The highest BCUT2D eigenvalue weighted by Gasteiger charge is 2.15. The first-order valence-electron chi connectivity index (χ1n) is 7.77. The summed E-state index contributed by atoms with van der Waals surface area (Å²) in [5, 5.41) is 3.27. The Kier molecular flexibility index (Phi) is 7.00. The predicted octanol–water partition coefficient (Wildman–Crippen LogP) is 2.96. The maximum absolute atomic E-state index is 12.0. The van der Waals surface area contributed by atoms with Crippen molar-refractivity contribution in [3.63, 3.8) is 0 Å². The summed E-state index contributed by atoms with van der Waals surface area (Å²) in [6, 6.07) is 12.7. The Bertz CT molecular complexity index is 813. The standard InChI is InChI=1S/C18H17Cl2N3O3/c1-11(21-17(25)12-5-3-2-4-6-12)9-16(24)22-23-18(26)14-10-13(19)7-8-15(14)20/h2-8,10-11H,9H2,1H3,(H,21,25)(H,22,24)(H,23,26). The average Bonchev–Trinajstić information content (AvgIpc) is 2.62. The molecular weight excluding hydrogens is 377 g/mol. The van der Waals surface area contributed by atoms with Gasteiger partial charge in [0.05, 0.1) is 10.6 Å². The van der Waals surface area contributed by atoms with Crippen molar-refractivity contribution >= 4 is 40.9 Å². The zero-order chi connectivity index (χ0) is 19.1. The molecule has 0 fully saturated rings. The van der Waals surface area contributed by atoms with Crippen molar-refractivity contribution < 1.29 is 14.4 Å². The second-order valence-electron chi connectivity index (χ2n) is 5.57. The lowest BCUT2D eigenvalue weighted by Crippen LogP contribution is -2.44. The van der Waals surface area contributed by atoms with Gasteiger partial charge in [0.15, 0.2) is 0 Å². The highest BCUT2D eigenvalue weighted by Crippen LogP contribution is 2.20. The smallest absolute Gasteiger partial charge is 0.271 e. The first-order valence-corrected chi connectivity index (χ1v) is 8.52. The van der Waals surface area contributed by atoms with Crippen LogP contribution in [0.3, 0.4) is 0 Å². The highest BCUT2D eigenvalue weighted by molar-refractivity contribution is 6.35. The van der Waals surface area contributed by atoms with Crippen LogP contribution in [0, 0.1) is 0 Å². The van der Waals surface area contributed by atoms with Crippen molar-refractivity contribution in [3.05, 3.63) is 69.7 Å².